The number of aromatic nitrogens is 1. The highest BCUT2D eigenvalue weighted by molar-refractivity contribution is 5.98. The third-order valence-corrected chi connectivity index (χ3v) is 3.33. The zero-order valence-corrected chi connectivity index (χ0v) is 10.5. The van der Waals surface area contributed by atoms with Crippen LogP contribution in [0.25, 0.3) is 0 Å². The Labute approximate surface area is 102 Å². The lowest BCUT2D eigenvalue weighted by atomic mass is 10.1. The number of Topliss-reactive ketones (excluding diaryl/α,β-unsaturated/α-hetero) is 1. The zero-order valence-electron chi connectivity index (χ0n) is 10.5. The van der Waals surface area contributed by atoms with Crippen LogP contribution in [0.15, 0.2) is 18.3 Å². The molecule has 0 bridgehead atoms. The van der Waals surface area contributed by atoms with Crippen LogP contribution in [0, 0.1) is 0 Å². The molecule has 0 amide bonds. The minimum Gasteiger partial charge on any atom is -0.376 e. The number of pyridine rings is 1. The first kappa shape index (κ1) is 12.0. The van der Waals surface area contributed by atoms with Crippen LogP contribution in [0.4, 0.5) is 5.82 Å². The van der Waals surface area contributed by atoms with E-state index in [0.29, 0.717) is 11.6 Å². The SMILES string of the molecule is CC(=O)c1cccnc1N(C)C1CCOC1C. The molecule has 0 radical (unpaired) electrons. The summed E-state index contributed by atoms with van der Waals surface area (Å²) in [6.45, 7) is 4.41. The quantitative estimate of drug-likeness (QED) is 0.749. The van der Waals surface area contributed by atoms with Crippen molar-refractivity contribution in [3.8, 4) is 0 Å². The van der Waals surface area contributed by atoms with Crippen LogP contribution in [0.5, 0.6) is 0 Å². The number of hydrogen-bond acceptors (Lipinski definition) is 4. The maximum absolute atomic E-state index is 11.6. The van der Waals surface area contributed by atoms with Crippen molar-refractivity contribution in [3.63, 3.8) is 0 Å². The molecule has 2 heterocycles. The van der Waals surface area contributed by atoms with E-state index < -0.39 is 0 Å². The number of ketones is 1. The maximum atomic E-state index is 11.6. The summed E-state index contributed by atoms with van der Waals surface area (Å²) in [6, 6.07) is 3.91. The van der Waals surface area contributed by atoms with Gasteiger partial charge in [0.15, 0.2) is 5.78 Å². The van der Waals surface area contributed by atoms with E-state index in [0.717, 1.165) is 18.8 Å². The Morgan fingerprint density at radius 2 is 2.35 bits per heavy atom. The Morgan fingerprint density at radius 3 is 2.94 bits per heavy atom. The van der Waals surface area contributed by atoms with E-state index in [1.807, 2.05) is 13.1 Å². The summed E-state index contributed by atoms with van der Waals surface area (Å²) < 4.78 is 5.55. The number of nitrogens with zero attached hydrogens (tertiary/aromatic N) is 2. The fourth-order valence-corrected chi connectivity index (χ4v) is 2.34. The second kappa shape index (κ2) is 4.84. The highest BCUT2D eigenvalue weighted by Crippen LogP contribution is 2.25. The maximum Gasteiger partial charge on any atom is 0.163 e. The summed E-state index contributed by atoms with van der Waals surface area (Å²) in [5, 5.41) is 0. The van der Waals surface area contributed by atoms with Gasteiger partial charge in [-0.25, -0.2) is 4.98 Å². The summed E-state index contributed by atoms with van der Waals surface area (Å²) in [5.41, 5.74) is 0.675. The van der Waals surface area contributed by atoms with E-state index in [2.05, 4.69) is 16.8 Å². The van der Waals surface area contributed by atoms with E-state index in [1.165, 1.54) is 0 Å². The predicted octanol–water partition coefficient (Wildman–Crippen LogP) is 1.90. The zero-order chi connectivity index (χ0) is 12.4. The van der Waals surface area contributed by atoms with Gasteiger partial charge in [-0.2, -0.15) is 0 Å². The normalized spacial score (nSPS) is 23.7. The molecule has 2 rings (SSSR count). The van der Waals surface area contributed by atoms with Crippen molar-refractivity contribution >= 4 is 11.6 Å². The smallest absolute Gasteiger partial charge is 0.163 e. The average Bonchev–Trinajstić information content (AvgIpc) is 2.74. The lowest BCUT2D eigenvalue weighted by Crippen LogP contribution is -2.38. The molecule has 0 saturated carbocycles. The molecule has 1 aliphatic heterocycles. The molecule has 0 spiro atoms. The summed E-state index contributed by atoms with van der Waals surface area (Å²) >= 11 is 0. The molecule has 92 valence electrons. The van der Waals surface area contributed by atoms with Crippen LogP contribution >= 0.6 is 0 Å². The lowest BCUT2D eigenvalue weighted by Gasteiger charge is -2.28. The number of hydrogen-bond donors (Lipinski definition) is 0. The van der Waals surface area contributed by atoms with Crippen molar-refractivity contribution in [3.05, 3.63) is 23.9 Å². The summed E-state index contributed by atoms with van der Waals surface area (Å²) in [6.07, 6.45) is 2.88. The third-order valence-electron chi connectivity index (χ3n) is 3.33. The van der Waals surface area contributed by atoms with E-state index in [4.69, 9.17) is 4.74 Å². The van der Waals surface area contributed by atoms with Crippen LogP contribution in [-0.4, -0.2) is 36.6 Å². The summed E-state index contributed by atoms with van der Waals surface area (Å²) in [4.78, 5) is 18.0. The Balaban J connectivity index is 2.30. The van der Waals surface area contributed by atoms with Crippen molar-refractivity contribution in [2.24, 2.45) is 0 Å². The first-order chi connectivity index (χ1) is 8.11. The molecule has 1 aliphatic rings. The van der Waals surface area contributed by atoms with E-state index in [9.17, 15) is 4.79 Å². The molecule has 2 unspecified atom stereocenters. The standard InChI is InChI=1S/C13H18N2O2/c1-9(16)11-5-4-7-14-13(11)15(3)12-6-8-17-10(12)2/h4-5,7,10,12H,6,8H2,1-3H3. The molecule has 0 aliphatic carbocycles. The molecule has 17 heavy (non-hydrogen) atoms. The van der Waals surface area contributed by atoms with Gasteiger partial charge in [0.2, 0.25) is 0 Å². The van der Waals surface area contributed by atoms with Crippen molar-refractivity contribution in [2.45, 2.75) is 32.4 Å². The monoisotopic (exact) mass is 234 g/mol. The van der Waals surface area contributed by atoms with Crippen molar-refractivity contribution < 1.29 is 9.53 Å². The Morgan fingerprint density at radius 1 is 1.59 bits per heavy atom. The second-order valence-corrected chi connectivity index (χ2v) is 4.47. The van der Waals surface area contributed by atoms with Gasteiger partial charge in [-0.15, -0.1) is 0 Å². The largest absolute Gasteiger partial charge is 0.376 e. The van der Waals surface area contributed by atoms with E-state index in [-0.39, 0.29) is 11.9 Å². The molecular formula is C13H18N2O2. The molecule has 0 N–H and O–H groups in total. The second-order valence-electron chi connectivity index (χ2n) is 4.47. The summed E-state index contributed by atoms with van der Waals surface area (Å²) in [7, 11) is 1.98. The van der Waals surface area contributed by atoms with Crippen LogP contribution in [0.3, 0.4) is 0 Å². The van der Waals surface area contributed by atoms with Crippen molar-refractivity contribution in [2.75, 3.05) is 18.6 Å². The van der Waals surface area contributed by atoms with Gasteiger partial charge in [-0.05, 0) is 32.4 Å². The lowest BCUT2D eigenvalue weighted by molar-refractivity contribution is 0.101. The van der Waals surface area contributed by atoms with Crippen LogP contribution in [-0.2, 0) is 4.74 Å². The van der Waals surface area contributed by atoms with Gasteiger partial charge < -0.3 is 9.64 Å². The highest BCUT2D eigenvalue weighted by atomic mass is 16.5. The minimum atomic E-state index is 0.0477. The third kappa shape index (κ3) is 2.31. The minimum absolute atomic E-state index is 0.0477. The molecule has 2 atom stereocenters. The van der Waals surface area contributed by atoms with Gasteiger partial charge in [0.1, 0.15) is 5.82 Å². The molecule has 1 fully saturated rings. The van der Waals surface area contributed by atoms with E-state index >= 15 is 0 Å². The molecule has 1 aromatic rings. The van der Waals surface area contributed by atoms with Crippen LogP contribution < -0.4 is 4.90 Å². The Kier molecular flexibility index (Phi) is 3.43. The first-order valence-corrected chi connectivity index (χ1v) is 5.91. The van der Waals surface area contributed by atoms with Gasteiger partial charge >= 0.3 is 0 Å². The number of likely N-dealkylation sites (N-methyl/N-ethyl adjacent to an activating group) is 1. The van der Waals surface area contributed by atoms with Crippen molar-refractivity contribution in [1.29, 1.82) is 0 Å². The molecule has 4 heteroatoms. The highest BCUT2D eigenvalue weighted by Gasteiger charge is 2.29. The van der Waals surface area contributed by atoms with Gasteiger partial charge in [-0.1, -0.05) is 0 Å². The molecule has 1 aromatic heterocycles. The first-order valence-electron chi connectivity index (χ1n) is 5.91. The van der Waals surface area contributed by atoms with Crippen molar-refractivity contribution in [1.82, 2.24) is 4.98 Å². The summed E-state index contributed by atoms with van der Waals surface area (Å²) in [5.74, 6) is 0.800. The molecule has 0 aromatic carbocycles. The fourth-order valence-electron chi connectivity index (χ4n) is 2.34. The van der Waals surface area contributed by atoms with Gasteiger partial charge in [-0.3, -0.25) is 4.79 Å². The number of anilines is 1. The van der Waals surface area contributed by atoms with Gasteiger partial charge in [0, 0.05) is 19.9 Å². The molecule has 4 nitrogen and oxygen atoms in total. The van der Waals surface area contributed by atoms with Crippen LogP contribution in [0.2, 0.25) is 0 Å². The predicted molar refractivity (Wildman–Crippen MR) is 66.5 cm³/mol. The van der Waals surface area contributed by atoms with Gasteiger partial charge in [0.05, 0.1) is 17.7 Å². The Bertz CT molecular complexity index is 420. The van der Waals surface area contributed by atoms with Crippen LogP contribution in [0.1, 0.15) is 30.6 Å². The van der Waals surface area contributed by atoms with E-state index in [1.54, 1.807) is 19.2 Å². The number of ether oxygens (including phenoxy) is 1. The topological polar surface area (TPSA) is 42.4 Å². The number of rotatable bonds is 3. The number of carbonyl (C=O) groups is 1. The molecular weight excluding hydrogens is 216 g/mol. The average molecular weight is 234 g/mol. The fraction of sp³-hybridized carbons (Fsp3) is 0.538. The molecule has 1 saturated heterocycles. The van der Waals surface area contributed by atoms with Gasteiger partial charge in [0.25, 0.3) is 0 Å². The Hall–Kier alpha value is -1.42. The number of carbonyl (C=O) groups excluding carboxylic acids is 1.